The van der Waals surface area contributed by atoms with Crippen LogP contribution in [0.4, 0.5) is 10.7 Å². The molecule has 1 aromatic carbocycles. The number of ether oxygens (including phenoxy) is 1. The van der Waals surface area contributed by atoms with Crippen LogP contribution in [0, 0.1) is 0 Å². The molecule has 0 saturated heterocycles. The average molecular weight is 431 g/mol. The first-order valence-electron chi connectivity index (χ1n) is 10.3. The third-order valence-corrected chi connectivity index (χ3v) is 5.03. The van der Waals surface area contributed by atoms with Crippen LogP contribution in [0.2, 0.25) is 0 Å². The van der Waals surface area contributed by atoms with Gasteiger partial charge >= 0.3 is 6.09 Å². The second-order valence-electron chi connectivity index (χ2n) is 7.45. The van der Waals surface area contributed by atoms with Gasteiger partial charge in [-0.05, 0) is 44.0 Å². The van der Waals surface area contributed by atoms with Gasteiger partial charge in [0.15, 0.2) is 0 Å². The van der Waals surface area contributed by atoms with E-state index in [1.807, 2.05) is 30.3 Å². The van der Waals surface area contributed by atoms with Gasteiger partial charge in [-0.2, -0.15) is 0 Å². The van der Waals surface area contributed by atoms with Gasteiger partial charge in [0.25, 0.3) is 5.91 Å². The molecule has 1 fully saturated rings. The van der Waals surface area contributed by atoms with Crippen LogP contribution in [0.3, 0.4) is 0 Å². The van der Waals surface area contributed by atoms with E-state index < -0.39 is 6.09 Å². The Morgan fingerprint density at radius 3 is 2.88 bits per heavy atom. The molecule has 1 aliphatic rings. The van der Waals surface area contributed by atoms with Crippen molar-refractivity contribution in [3.63, 3.8) is 0 Å². The van der Waals surface area contributed by atoms with Crippen LogP contribution in [0.1, 0.15) is 30.3 Å². The van der Waals surface area contributed by atoms with E-state index in [1.165, 1.54) is 0 Å². The van der Waals surface area contributed by atoms with E-state index in [1.54, 1.807) is 30.2 Å². The van der Waals surface area contributed by atoms with Gasteiger partial charge in [0.1, 0.15) is 17.5 Å². The van der Waals surface area contributed by atoms with Crippen LogP contribution in [0.5, 0.6) is 0 Å². The molecule has 3 aromatic heterocycles. The van der Waals surface area contributed by atoms with E-state index in [9.17, 15) is 9.59 Å². The number of hydrogen-bond acceptors (Lipinski definition) is 6. The average Bonchev–Trinajstić information content (AvgIpc) is 3.30. The number of carbonyl (C=O) groups excluding carboxylic acids is 2. The Morgan fingerprint density at radius 1 is 1.25 bits per heavy atom. The molecule has 10 nitrogen and oxygen atoms in total. The molecule has 0 spiro atoms. The Kier molecular flexibility index (Phi) is 5.02. The van der Waals surface area contributed by atoms with E-state index in [0.717, 1.165) is 29.8 Å². The summed E-state index contributed by atoms with van der Waals surface area (Å²) in [6.45, 7) is 1.99. The predicted molar refractivity (Wildman–Crippen MR) is 118 cm³/mol. The summed E-state index contributed by atoms with van der Waals surface area (Å²) in [5, 5.41) is 5.53. The van der Waals surface area contributed by atoms with Gasteiger partial charge in [-0.3, -0.25) is 15.1 Å². The fourth-order valence-corrected chi connectivity index (χ4v) is 3.36. The molecule has 1 saturated carbocycles. The molecular weight excluding hydrogens is 410 g/mol. The van der Waals surface area contributed by atoms with Gasteiger partial charge in [0.05, 0.1) is 17.8 Å². The minimum atomic E-state index is -0.591. The predicted octanol–water partition coefficient (Wildman–Crippen LogP) is 3.27. The highest BCUT2D eigenvalue weighted by molar-refractivity contribution is 5.96. The molecule has 2 amide bonds. The molecule has 32 heavy (non-hydrogen) atoms. The van der Waals surface area contributed by atoms with Crippen molar-refractivity contribution in [3.8, 4) is 16.9 Å². The highest BCUT2D eigenvalue weighted by Gasteiger charge is 2.25. The van der Waals surface area contributed by atoms with Gasteiger partial charge in [-0.15, -0.1) is 0 Å². The molecule has 0 aliphatic heterocycles. The summed E-state index contributed by atoms with van der Waals surface area (Å²) in [5.41, 5.74) is 3.94. The number of nitrogens with one attached hydrogen (secondary N) is 3. The Labute approximate surface area is 183 Å². The number of rotatable bonds is 6. The lowest BCUT2D eigenvalue weighted by Crippen LogP contribution is -2.25. The van der Waals surface area contributed by atoms with E-state index in [2.05, 4.69) is 30.6 Å². The lowest BCUT2D eigenvalue weighted by Gasteiger charge is -2.07. The quantitative estimate of drug-likeness (QED) is 0.430. The number of amides is 2. The third-order valence-electron chi connectivity index (χ3n) is 5.03. The molecule has 5 rings (SSSR count). The second-order valence-corrected chi connectivity index (χ2v) is 7.45. The van der Waals surface area contributed by atoms with E-state index in [-0.39, 0.29) is 24.5 Å². The number of hydrogen-bond donors (Lipinski definition) is 3. The maximum atomic E-state index is 12.3. The van der Waals surface area contributed by atoms with Gasteiger partial charge in [-0.1, -0.05) is 6.07 Å². The second kappa shape index (κ2) is 8.14. The fourth-order valence-electron chi connectivity index (χ4n) is 3.36. The minimum Gasteiger partial charge on any atom is -0.450 e. The lowest BCUT2D eigenvalue weighted by atomic mass is 10.1. The van der Waals surface area contributed by atoms with Crippen molar-refractivity contribution < 1.29 is 14.3 Å². The molecule has 0 bridgehead atoms. The monoisotopic (exact) mass is 431 g/mol. The molecule has 3 N–H and O–H groups in total. The van der Waals surface area contributed by atoms with Crippen LogP contribution in [-0.4, -0.2) is 49.2 Å². The van der Waals surface area contributed by atoms with Crippen LogP contribution in [0.15, 0.2) is 49.1 Å². The first-order chi connectivity index (χ1) is 15.6. The summed E-state index contributed by atoms with van der Waals surface area (Å²) in [5.74, 6) is 0.0858. The molecule has 4 aromatic rings. The van der Waals surface area contributed by atoms with Gasteiger partial charge < -0.3 is 19.6 Å². The number of imidazole rings is 2. The number of carbonyl (C=O) groups is 2. The Balaban J connectivity index is 1.55. The maximum Gasteiger partial charge on any atom is 0.413 e. The number of aromatic amines is 1. The zero-order valence-electron chi connectivity index (χ0n) is 17.3. The Morgan fingerprint density at radius 2 is 2.12 bits per heavy atom. The van der Waals surface area contributed by atoms with Gasteiger partial charge in [0, 0.05) is 29.7 Å². The first kappa shape index (κ1) is 19.7. The van der Waals surface area contributed by atoms with Crippen LogP contribution in [0.25, 0.3) is 28.0 Å². The number of fused-ring (bicyclic) bond motifs is 1. The highest BCUT2D eigenvalue weighted by Crippen LogP contribution is 2.30. The molecule has 162 valence electrons. The van der Waals surface area contributed by atoms with E-state index >= 15 is 0 Å². The zero-order valence-corrected chi connectivity index (χ0v) is 17.3. The minimum absolute atomic E-state index is 0.181. The molecular formula is C22H21N7O3. The van der Waals surface area contributed by atoms with Crippen molar-refractivity contribution in [1.82, 2.24) is 29.8 Å². The molecule has 1 aliphatic carbocycles. The SMILES string of the molecule is CCOC(=O)Nc1nc2c(-c3ccccn3)cc(-n3cnc(C(=O)NC4CC4)c3)cc2[nH]1. The van der Waals surface area contributed by atoms with Crippen molar-refractivity contribution in [2.45, 2.75) is 25.8 Å². The largest absolute Gasteiger partial charge is 0.450 e. The van der Waals surface area contributed by atoms with Crippen molar-refractivity contribution in [2.24, 2.45) is 0 Å². The van der Waals surface area contributed by atoms with Crippen LogP contribution < -0.4 is 10.6 Å². The normalized spacial score (nSPS) is 13.2. The Bertz CT molecular complexity index is 1290. The van der Waals surface area contributed by atoms with E-state index in [0.29, 0.717) is 16.7 Å². The first-order valence-corrected chi connectivity index (χ1v) is 10.3. The maximum absolute atomic E-state index is 12.3. The molecule has 0 radical (unpaired) electrons. The summed E-state index contributed by atoms with van der Waals surface area (Å²) in [6.07, 6.45) is 6.42. The number of pyridine rings is 1. The third kappa shape index (κ3) is 4.02. The smallest absolute Gasteiger partial charge is 0.413 e. The summed E-state index contributed by atoms with van der Waals surface area (Å²) >= 11 is 0. The fraction of sp³-hybridized carbons (Fsp3) is 0.227. The number of H-pyrrole nitrogens is 1. The van der Waals surface area contributed by atoms with Crippen molar-refractivity contribution in [2.75, 3.05) is 11.9 Å². The molecule has 0 unspecified atom stereocenters. The topological polar surface area (TPSA) is 127 Å². The van der Waals surface area contributed by atoms with Crippen LogP contribution in [-0.2, 0) is 4.74 Å². The zero-order chi connectivity index (χ0) is 22.1. The summed E-state index contributed by atoms with van der Waals surface area (Å²) < 4.78 is 6.70. The molecule has 0 atom stereocenters. The number of benzene rings is 1. The standard InChI is InChI=1S/C22H21N7O3/c1-2-32-22(31)28-21-26-17-10-14(9-15(19(17)27-21)16-5-3-4-8-23-16)29-11-18(24-12-29)20(30)25-13-6-7-13/h3-5,8-13H,2,6-7H2,1H3,(H,25,30)(H2,26,27,28,31). The molecule has 3 heterocycles. The number of aromatic nitrogens is 5. The highest BCUT2D eigenvalue weighted by atomic mass is 16.5. The van der Waals surface area contributed by atoms with E-state index in [4.69, 9.17) is 4.74 Å². The van der Waals surface area contributed by atoms with Crippen molar-refractivity contribution in [1.29, 1.82) is 0 Å². The summed E-state index contributed by atoms with van der Waals surface area (Å²) in [4.78, 5) is 40.5. The van der Waals surface area contributed by atoms with Crippen molar-refractivity contribution >= 4 is 29.0 Å². The van der Waals surface area contributed by atoms with Gasteiger partial charge in [-0.25, -0.2) is 14.8 Å². The summed E-state index contributed by atoms with van der Waals surface area (Å²) in [7, 11) is 0. The number of nitrogens with zero attached hydrogens (tertiary/aromatic N) is 4. The number of anilines is 1. The molecule has 10 heteroatoms. The summed E-state index contributed by atoms with van der Waals surface area (Å²) in [6, 6.07) is 9.66. The Hall–Kier alpha value is -4.21. The van der Waals surface area contributed by atoms with Crippen LogP contribution >= 0.6 is 0 Å². The lowest BCUT2D eigenvalue weighted by molar-refractivity contribution is 0.0946. The van der Waals surface area contributed by atoms with Gasteiger partial charge in [0.2, 0.25) is 5.95 Å². The van der Waals surface area contributed by atoms with Crippen molar-refractivity contribution in [3.05, 3.63) is 54.7 Å².